The van der Waals surface area contributed by atoms with Gasteiger partial charge in [0.15, 0.2) is 11.3 Å². The molecular weight excluding hydrogens is 180 g/mol. The number of nitro groups is 1. The van der Waals surface area contributed by atoms with Crippen LogP contribution in [0.25, 0.3) is 0 Å². The summed E-state index contributed by atoms with van der Waals surface area (Å²) in [5, 5.41) is 10.3. The highest BCUT2D eigenvalue weighted by Gasteiger charge is 2.09. The van der Waals surface area contributed by atoms with Crippen molar-refractivity contribution in [3.8, 4) is 11.8 Å². The minimum Gasteiger partial charge on any atom is -0.289 e. The minimum absolute atomic E-state index is 0.0785. The molecule has 0 amide bonds. The highest BCUT2D eigenvalue weighted by molar-refractivity contribution is 7.15. The summed E-state index contributed by atoms with van der Waals surface area (Å²) in [6.07, 6.45) is 1.52. The number of nitrogens with zero attached hydrogens (tertiary/aromatic N) is 2. The van der Waals surface area contributed by atoms with Crippen LogP contribution in [0.15, 0.2) is 6.20 Å². The number of thiazole rings is 1. The second-order valence-electron chi connectivity index (χ2n) is 1.65. The van der Waals surface area contributed by atoms with Crippen LogP contribution in [0.3, 0.4) is 0 Å². The molecule has 0 bridgehead atoms. The fourth-order valence-corrected chi connectivity index (χ4v) is 1.09. The predicted octanol–water partition coefficient (Wildman–Crippen LogP) is 0.602. The number of carbonyl (C=O) groups is 1. The molecule has 0 aliphatic heterocycles. The molecule has 0 N–H and O–H groups in total. The zero-order valence-electron chi connectivity index (χ0n) is 5.68. The fraction of sp³-hybridized carbons (Fsp3) is 0. The Bertz CT molecular complexity index is 374. The first-order valence-electron chi connectivity index (χ1n) is 2.79. The highest BCUT2D eigenvalue weighted by atomic mass is 32.1. The third kappa shape index (κ3) is 1.87. The molecule has 60 valence electrons. The molecule has 0 radical (unpaired) electrons. The van der Waals surface area contributed by atoms with Gasteiger partial charge in [0.25, 0.3) is 0 Å². The van der Waals surface area contributed by atoms with Gasteiger partial charge in [-0.15, -0.1) is 0 Å². The van der Waals surface area contributed by atoms with Crippen LogP contribution in [0.2, 0.25) is 0 Å². The summed E-state index contributed by atoms with van der Waals surface area (Å²) >= 11 is 0.838. The maximum absolute atomic E-state index is 10.1. The van der Waals surface area contributed by atoms with Crippen LogP contribution < -0.4 is 0 Å². The lowest BCUT2D eigenvalue weighted by molar-refractivity contribution is -0.380. The predicted molar refractivity (Wildman–Crippen MR) is 41.7 cm³/mol. The van der Waals surface area contributed by atoms with Crippen LogP contribution in [0.1, 0.15) is 5.01 Å². The Labute approximate surface area is 71.2 Å². The van der Waals surface area contributed by atoms with Crippen molar-refractivity contribution in [3.63, 3.8) is 0 Å². The summed E-state index contributed by atoms with van der Waals surface area (Å²) in [5.74, 6) is 4.47. The van der Waals surface area contributed by atoms with Gasteiger partial charge in [0, 0.05) is 0 Å². The first kappa shape index (κ1) is 8.36. The zero-order chi connectivity index (χ0) is 8.97. The van der Waals surface area contributed by atoms with Gasteiger partial charge in [0.05, 0.1) is 4.92 Å². The van der Waals surface area contributed by atoms with E-state index < -0.39 is 4.92 Å². The topological polar surface area (TPSA) is 73.1 Å². The summed E-state index contributed by atoms with van der Waals surface area (Å²) in [6.45, 7) is 0. The van der Waals surface area contributed by atoms with Crippen molar-refractivity contribution in [2.45, 2.75) is 0 Å². The van der Waals surface area contributed by atoms with Gasteiger partial charge in [-0.05, 0) is 23.2 Å². The smallest absolute Gasteiger partial charge is 0.289 e. The molecule has 0 fully saturated rings. The maximum atomic E-state index is 10.1. The van der Waals surface area contributed by atoms with E-state index in [9.17, 15) is 14.9 Å². The van der Waals surface area contributed by atoms with Crippen molar-refractivity contribution in [1.29, 1.82) is 0 Å². The molecular formula is C6H2N2O3S. The molecule has 12 heavy (non-hydrogen) atoms. The van der Waals surface area contributed by atoms with Crippen LogP contribution in [0.5, 0.6) is 0 Å². The van der Waals surface area contributed by atoms with Crippen molar-refractivity contribution < 1.29 is 9.72 Å². The van der Waals surface area contributed by atoms with Crippen molar-refractivity contribution in [2.75, 3.05) is 0 Å². The first-order chi connectivity index (χ1) is 5.74. The van der Waals surface area contributed by atoms with Crippen LogP contribution >= 0.6 is 11.3 Å². The van der Waals surface area contributed by atoms with E-state index in [1.807, 2.05) is 0 Å². The summed E-state index contributed by atoms with van der Waals surface area (Å²) in [7, 11) is 0. The summed E-state index contributed by atoms with van der Waals surface area (Å²) < 4.78 is 0. The van der Waals surface area contributed by atoms with E-state index in [-0.39, 0.29) is 10.0 Å². The van der Waals surface area contributed by atoms with E-state index in [1.54, 1.807) is 0 Å². The molecule has 0 aliphatic rings. The van der Waals surface area contributed by atoms with E-state index in [0.717, 1.165) is 17.5 Å². The second-order valence-corrected chi connectivity index (χ2v) is 2.66. The average Bonchev–Trinajstić information content (AvgIpc) is 2.48. The molecule has 0 aliphatic carbocycles. The monoisotopic (exact) mass is 182 g/mol. The molecule has 0 aromatic carbocycles. The van der Waals surface area contributed by atoms with E-state index in [0.29, 0.717) is 6.29 Å². The number of hydrogen-bond donors (Lipinski definition) is 0. The molecule has 0 unspecified atom stereocenters. The number of hydrogen-bond acceptors (Lipinski definition) is 5. The lowest BCUT2D eigenvalue weighted by Crippen LogP contribution is -1.80. The molecule has 1 aromatic rings. The number of rotatable bonds is 1. The summed E-state index contributed by atoms with van der Waals surface area (Å²) in [6, 6.07) is 0. The van der Waals surface area contributed by atoms with Crippen LogP contribution in [-0.4, -0.2) is 16.2 Å². The largest absolute Gasteiger partial charge is 0.344 e. The van der Waals surface area contributed by atoms with Crippen molar-refractivity contribution in [1.82, 2.24) is 4.98 Å². The Morgan fingerprint density at radius 2 is 2.50 bits per heavy atom. The Hall–Kier alpha value is -1.74. The van der Waals surface area contributed by atoms with Crippen molar-refractivity contribution in [3.05, 3.63) is 21.3 Å². The number of carbonyl (C=O) groups excluding carboxylic acids is 1. The Morgan fingerprint density at radius 1 is 1.75 bits per heavy atom. The maximum Gasteiger partial charge on any atom is 0.344 e. The second kappa shape index (κ2) is 3.59. The zero-order valence-corrected chi connectivity index (χ0v) is 6.50. The van der Waals surface area contributed by atoms with Crippen LogP contribution in [0, 0.1) is 22.0 Å². The van der Waals surface area contributed by atoms with Crippen molar-refractivity contribution >= 4 is 22.6 Å². The van der Waals surface area contributed by atoms with Crippen molar-refractivity contribution in [2.24, 2.45) is 0 Å². The van der Waals surface area contributed by atoms with E-state index >= 15 is 0 Å². The quantitative estimate of drug-likeness (QED) is 0.276. The van der Waals surface area contributed by atoms with Crippen LogP contribution in [-0.2, 0) is 4.79 Å². The first-order valence-corrected chi connectivity index (χ1v) is 3.61. The van der Waals surface area contributed by atoms with Gasteiger partial charge in [-0.25, -0.2) is 4.98 Å². The molecule has 0 saturated carbocycles. The van der Waals surface area contributed by atoms with Gasteiger partial charge >= 0.3 is 5.00 Å². The van der Waals surface area contributed by atoms with Gasteiger partial charge in [-0.1, -0.05) is 0 Å². The number of aldehydes is 1. The molecule has 5 nitrogen and oxygen atoms in total. The fourth-order valence-electron chi connectivity index (χ4n) is 0.499. The third-order valence-electron chi connectivity index (χ3n) is 0.911. The highest BCUT2D eigenvalue weighted by Crippen LogP contribution is 2.19. The van der Waals surface area contributed by atoms with Gasteiger partial charge in [0.2, 0.25) is 0 Å². The lowest BCUT2D eigenvalue weighted by atomic mass is 10.6. The molecule has 0 spiro atoms. The van der Waals surface area contributed by atoms with E-state index in [4.69, 9.17) is 0 Å². The van der Waals surface area contributed by atoms with Gasteiger partial charge in [-0.2, -0.15) is 0 Å². The summed E-state index contributed by atoms with van der Waals surface area (Å²) in [5.41, 5.74) is 0. The van der Waals surface area contributed by atoms with E-state index in [2.05, 4.69) is 16.8 Å². The molecule has 0 atom stereocenters. The lowest BCUT2D eigenvalue weighted by Gasteiger charge is -1.76. The Morgan fingerprint density at radius 3 is 3.00 bits per heavy atom. The minimum atomic E-state index is -0.552. The molecule has 0 saturated heterocycles. The number of aromatic nitrogens is 1. The molecule has 6 heteroatoms. The Kier molecular flexibility index (Phi) is 2.50. The average molecular weight is 182 g/mol. The normalized spacial score (nSPS) is 8.33. The standard InChI is InChI=1S/C6H2N2O3S/c9-3-1-2-5-7-4-6(12-5)8(10)11/h3-4H. The SMILES string of the molecule is O=CC#Cc1ncc([N+](=O)[O-])s1. The molecule has 1 aromatic heterocycles. The van der Waals surface area contributed by atoms with Gasteiger partial charge < -0.3 is 0 Å². The van der Waals surface area contributed by atoms with Gasteiger partial charge in [0.1, 0.15) is 6.20 Å². The molecule has 1 rings (SSSR count). The summed E-state index contributed by atoms with van der Waals surface area (Å²) in [4.78, 5) is 23.0. The Balaban J connectivity index is 2.91. The third-order valence-corrected chi connectivity index (χ3v) is 1.78. The van der Waals surface area contributed by atoms with Crippen LogP contribution in [0.4, 0.5) is 5.00 Å². The van der Waals surface area contributed by atoms with Gasteiger partial charge in [-0.3, -0.25) is 14.9 Å². The van der Waals surface area contributed by atoms with E-state index in [1.165, 1.54) is 0 Å². The molecule has 1 heterocycles.